The van der Waals surface area contributed by atoms with Crippen LogP contribution < -0.4 is 9.47 Å². The predicted molar refractivity (Wildman–Crippen MR) is 95.5 cm³/mol. The molecule has 0 N–H and O–H groups in total. The zero-order valence-corrected chi connectivity index (χ0v) is 15.7. The van der Waals surface area contributed by atoms with Crippen LogP contribution in [0.25, 0.3) is 0 Å². The van der Waals surface area contributed by atoms with Crippen LogP contribution in [0.3, 0.4) is 0 Å². The lowest BCUT2D eigenvalue weighted by atomic mass is 10.2. The number of halogens is 2. The summed E-state index contributed by atoms with van der Waals surface area (Å²) in [6, 6.07) is 12.4. The molecular weight excluding hydrogens is 451 g/mol. The molecule has 2 aromatic rings. The molecule has 0 radical (unpaired) electrons. The Morgan fingerprint density at radius 2 is 1.70 bits per heavy atom. The van der Waals surface area contributed by atoms with E-state index in [1.165, 1.54) is 14.0 Å². The van der Waals surface area contributed by atoms with Gasteiger partial charge in [-0.3, -0.25) is 0 Å². The van der Waals surface area contributed by atoms with Gasteiger partial charge in [0.25, 0.3) is 0 Å². The quantitative estimate of drug-likeness (QED) is 0.438. The Hall–Kier alpha value is -0.400. The molecule has 106 valence electrons. The Morgan fingerprint density at radius 1 is 1.05 bits per heavy atom. The van der Waals surface area contributed by atoms with E-state index in [0.717, 1.165) is 21.7 Å². The van der Waals surface area contributed by atoms with Crippen molar-refractivity contribution in [3.63, 3.8) is 0 Å². The van der Waals surface area contributed by atoms with Crippen molar-refractivity contribution in [2.24, 2.45) is 0 Å². The molecule has 2 nitrogen and oxygen atoms in total. The number of alkyl halides is 1. The average Bonchev–Trinajstić information content (AvgIpc) is 2.47. The maximum Gasteiger partial charge on any atom is 0.123 e. The van der Waals surface area contributed by atoms with Crippen molar-refractivity contribution in [3.8, 4) is 11.5 Å². The number of ether oxygens (including phenoxy) is 2. The monoisotopic (exact) mass is 464 g/mol. The molecule has 0 heterocycles. The van der Waals surface area contributed by atoms with E-state index in [1.54, 1.807) is 26.0 Å². The summed E-state index contributed by atoms with van der Waals surface area (Å²) in [6.45, 7) is 0. The van der Waals surface area contributed by atoms with E-state index in [0.29, 0.717) is 0 Å². The minimum atomic E-state index is 0.804. The summed E-state index contributed by atoms with van der Waals surface area (Å²) < 4.78 is 11.8. The third-order valence-electron chi connectivity index (χ3n) is 2.73. The van der Waals surface area contributed by atoms with Gasteiger partial charge in [0.1, 0.15) is 11.5 Å². The molecule has 20 heavy (non-hydrogen) atoms. The minimum Gasteiger partial charge on any atom is -0.497 e. The second kappa shape index (κ2) is 7.56. The standard InChI is InChI=1S/C15H14BrIO2S/c1-18-12-6-13(19-2)8-14(7-12)20-15-5-11(17)4-3-10(15)9-16/h3-8H,9H2,1-2H3. The molecule has 2 aromatic carbocycles. The van der Waals surface area contributed by atoms with E-state index in [4.69, 9.17) is 9.47 Å². The summed E-state index contributed by atoms with van der Waals surface area (Å²) in [5.74, 6) is 1.61. The lowest BCUT2D eigenvalue weighted by Crippen LogP contribution is -1.89. The first kappa shape index (κ1) is 16.0. The summed E-state index contributed by atoms with van der Waals surface area (Å²) in [7, 11) is 3.33. The normalized spacial score (nSPS) is 10.4. The molecule has 0 aromatic heterocycles. The van der Waals surface area contributed by atoms with Gasteiger partial charge in [0.15, 0.2) is 0 Å². The lowest BCUT2D eigenvalue weighted by Gasteiger charge is -2.10. The number of hydrogen-bond acceptors (Lipinski definition) is 3. The van der Waals surface area contributed by atoms with Crippen LogP contribution in [0.15, 0.2) is 46.2 Å². The smallest absolute Gasteiger partial charge is 0.123 e. The first-order valence-electron chi connectivity index (χ1n) is 5.91. The van der Waals surface area contributed by atoms with Gasteiger partial charge in [0.2, 0.25) is 0 Å². The van der Waals surface area contributed by atoms with Gasteiger partial charge in [-0.05, 0) is 52.4 Å². The molecular formula is C15H14BrIO2S. The fourth-order valence-corrected chi connectivity index (χ4v) is 4.14. The van der Waals surface area contributed by atoms with Gasteiger partial charge in [-0.15, -0.1) is 0 Å². The fraction of sp³-hybridized carbons (Fsp3) is 0.200. The highest BCUT2D eigenvalue weighted by atomic mass is 127. The van der Waals surface area contributed by atoms with Crippen LogP contribution in [0.1, 0.15) is 5.56 Å². The van der Waals surface area contributed by atoms with Crippen molar-refractivity contribution in [1.29, 1.82) is 0 Å². The van der Waals surface area contributed by atoms with E-state index in [2.05, 4.69) is 56.7 Å². The topological polar surface area (TPSA) is 18.5 Å². The van der Waals surface area contributed by atoms with Crippen LogP contribution in [0, 0.1) is 3.57 Å². The van der Waals surface area contributed by atoms with Gasteiger partial charge in [-0.25, -0.2) is 0 Å². The van der Waals surface area contributed by atoms with E-state index in [1.807, 2.05) is 18.2 Å². The van der Waals surface area contributed by atoms with Gasteiger partial charge in [-0.2, -0.15) is 0 Å². The number of hydrogen-bond donors (Lipinski definition) is 0. The van der Waals surface area contributed by atoms with Crippen LogP contribution in [-0.4, -0.2) is 14.2 Å². The van der Waals surface area contributed by atoms with Crippen molar-refractivity contribution in [2.75, 3.05) is 14.2 Å². The molecule has 0 aliphatic carbocycles. The Labute approximate surface area is 145 Å². The highest BCUT2D eigenvalue weighted by molar-refractivity contribution is 14.1. The molecule has 0 saturated heterocycles. The van der Waals surface area contributed by atoms with Gasteiger partial charge in [0, 0.05) is 24.8 Å². The Bertz CT molecular complexity index is 582. The van der Waals surface area contributed by atoms with Crippen LogP contribution in [-0.2, 0) is 5.33 Å². The molecule has 0 saturated carbocycles. The zero-order valence-electron chi connectivity index (χ0n) is 11.2. The van der Waals surface area contributed by atoms with Crippen LogP contribution in [0.5, 0.6) is 11.5 Å². The van der Waals surface area contributed by atoms with Crippen molar-refractivity contribution < 1.29 is 9.47 Å². The summed E-state index contributed by atoms with van der Waals surface area (Å²) >= 11 is 7.59. The molecule has 0 spiro atoms. The second-order valence-corrected chi connectivity index (χ2v) is 6.96. The third-order valence-corrected chi connectivity index (χ3v) is 5.07. The fourth-order valence-electron chi connectivity index (χ4n) is 1.70. The highest BCUT2D eigenvalue weighted by Gasteiger charge is 2.08. The molecule has 2 rings (SSSR count). The maximum atomic E-state index is 5.31. The maximum absolute atomic E-state index is 5.31. The zero-order chi connectivity index (χ0) is 14.5. The molecule has 0 aliphatic heterocycles. The Kier molecular flexibility index (Phi) is 6.04. The molecule has 0 aliphatic rings. The molecule has 5 heteroatoms. The van der Waals surface area contributed by atoms with E-state index >= 15 is 0 Å². The lowest BCUT2D eigenvalue weighted by molar-refractivity contribution is 0.392. The Morgan fingerprint density at radius 3 is 2.25 bits per heavy atom. The van der Waals surface area contributed by atoms with Gasteiger partial charge in [0.05, 0.1) is 14.2 Å². The molecule has 0 atom stereocenters. The number of methoxy groups -OCH3 is 2. The summed E-state index contributed by atoms with van der Waals surface area (Å²) in [4.78, 5) is 2.34. The number of rotatable bonds is 5. The Balaban J connectivity index is 2.36. The van der Waals surface area contributed by atoms with Crippen LogP contribution >= 0.6 is 50.3 Å². The van der Waals surface area contributed by atoms with Crippen LogP contribution in [0.4, 0.5) is 0 Å². The van der Waals surface area contributed by atoms with Crippen molar-refractivity contribution in [1.82, 2.24) is 0 Å². The second-order valence-electron chi connectivity index (χ2n) is 4.04. The molecule has 0 unspecified atom stereocenters. The van der Waals surface area contributed by atoms with E-state index in [9.17, 15) is 0 Å². The average molecular weight is 465 g/mol. The molecule has 0 amide bonds. The summed E-state index contributed by atoms with van der Waals surface area (Å²) in [5.41, 5.74) is 1.28. The molecule has 0 fully saturated rings. The van der Waals surface area contributed by atoms with E-state index in [-0.39, 0.29) is 0 Å². The largest absolute Gasteiger partial charge is 0.497 e. The van der Waals surface area contributed by atoms with Gasteiger partial charge < -0.3 is 9.47 Å². The minimum absolute atomic E-state index is 0.804. The summed E-state index contributed by atoms with van der Waals surface area (Å²) in [5, 5.41) is 0.841. The first-order chi connectivity index (χ1) is 9.66. The van der Waals surface area contributed by atoms with Crippen molar-refractivity contribution >= 4 is 50.3 Å². The first-order valence-corrected chi connectivity index (χ1v) is 8.93. The van der Waals surface area contributed by atoms with Gasteiger partial charge in [-0.1, -0.05) is 33.8 Å². The SMILES string of the molecule is COc1cc(OC)cc(Sc2cc(I)ccc2CBr)c1. The van der Waals surface area contributed by atoms with Crippen molar-refractivity contribution in [3.05, 3.63) is 45.5 Å². The van der Waals surface area contributed by atoms with Crippen LogP contribution in [0.2, 0.25) is 0 Å². The van der Waals surface area contributed by atoms with E-state index < -0.39 is 0 Å². The molecule has 0 bridgehead atoms. The van der Waals surface area contributed by atoms with Crippen molar-refractivity contribution in [2.45, 2.75) is 15.1 Å². The number of benzene rings is 2. The van der Waals surface area contributed by atoms with Gasteiger partial charge >= 0.3 is 0 Å². The summed E-state index contributed by atoms with van der Waals surface area (Å²) in [6.07, 6.45) is 0. The third kappa shape index (κ3) is 4.05. The predicted octanol–water partition coefficient (Wildman–Crippen LogP) is 5.35. The highest BCUT2D eigenvalue weighted by Crippen LogP contribution is 2.36.